The lowest BCUT2D eigenvalue weighted by Crippen LogP contribution is -2.36. The molecule has 0 radical (unpaired) electrons. The Labute approximate surface area is 159 Å². The summed E-state index contributed by atoms with van der Waals surface area (Å²) in [5.74, 6) is -0.107. The number of hydrogen-bond donors (Lipinski definition) is 1. The number of ether oxygens (including phenoxy) is 1. The molecule has 0 saturated carbocycles. The number of fused-ring (bicyclic) bond motifs is 1. The molecule has 136 valence electrons. The van der Waals surface area contributed by atoms with Gasteiger partial charge in [-0.15, -0.1) is 11.3 Å². The van der Waals surface area contributed by atoms with Gasteiger partial charge in [-0.05, 0) is 24.6 Å². The molecule has 2 aromatic heterocycles. The van der Waals surface area contributed by atoms with E-state index in [9.17, 15) is 9.18 Å². The fourth-order valence-corrected chi connectivity index (χ4v) is 4.35. The standard InChI is InChI=1S/C18H18FN3O2S2/c1-11(7-24-2)22-15(23)9-26-18-16-14(8-25-17(16)20-10-21-18)12-3-5-13(19)6-4-12/h3-6,8,10-11H,7,9H2,1-2H3,(H,22,23). The summed E-state index contributed by atoms with van der Waals surface area (Å²) < 4.78 is 18.2. The van der Waals surface area contributed by atoms with Crippen LogP contribution in [0.1, 0.15) is 6.92 Å². The third-order valence-electron chi connectivity index (χ3n) is 3.65. The highest BCUT2D eigenvalue weighted by Gasteiger charge is 2.15. The number of thioether (sulfide) groups is 1. The molecule has 2 heterocycles. The maximum atomic E-state index is 13.2. The van der Waals surface area contributed by atoms with Crippen LogP contribution in [0.25, 0.3) is 21.3 Å². The van der Waals surface area contributed by atoms with E-state index in [0.717, 1.165) is 26.4 Å². The minimum absolute atomic E-state index is 0.0468. The van der Waals surface area contributed by atoms with Gasteiger partial charge in [-0.2, -0.15) is 0 Å². The van der Waals surface area contributed by atoms with Gasteiger partial charge in [-0.1, -0.05) is 23.9 Å². The van der Waals surface area contributed by atoms with E-state index in [1.807, 2.05) is 12.3 Å². The van der Waals surface area contributed by atoms with Crippen LogP contribution in [0.3, 0.4) is 0 Å². The van der Waals surface area contributed by atoms with Gasteiger partial charge in [0.15, 0.2) is 0 Å². The van der Waals surface area contributed by atoms with Crippen molar-refractivity contribution in [2.24, 2.45) is 0 Å². The summed E-state index contributed by atoms with van der Waals surface area (Å²) in [7, 11) is 1.60. The number of halogens is 1. The fourth-order valence-electron chi connectivity index (χ4n) is 2.54. The second-order valence-corrected chi connectivity index (χ2v) is 7.55. The van der Waals surface area contributed by atoms with E-state index >= 15 is 0 Å². The monoisotopic (exact) mass is 391 g/mol. The molecule has 26 heavy (non-hydrogen) atoms. The molecule has 3 rings (SSSR count). The third kappa shape index (κ3) is 4.38. The molecular weight excluding hydrogens is 373 g/mol. The Hall–Kier alpha value is -2.03. The molecular formula is C18H18FN3O2S2. The van der Waals surface area contributed by atoms with Gasteiger partial charge in [-0.25, -0.2) is 14.4 Å². The molecule has 1 amide bonds. The van der Waals surface area contributed by atoms with Crippen LogP contribution in [0.5, 0.6) is 0 Å². The molecule has 5 nitrogen and oxygen atoms in total. The average Bonchev–Trinajstić information content (AvgIpc) is 3.05. The Morgan fingerprint density at radius 3 is 2.85 bits per heavy atom. The number of thiophene rings is 1. The SMILES string of the molecule is COCC(C)NC(=O)CSc1ncnc2scc(-c3ccc(F)cc3)c12. The topological polar surface area (TPSA) is 64.1 Å². The van der Waals surface area contributed by atoms with E-state index < -0.39 is 0 Å². The van der Waals surface area contributed by atoms with Crippen LogP contribution in [0.15, 0.2) is 41.0 Å². The second kappa shape index (κ2) is 8.57. The highest BCUT2D eigenvalue weighted by Crippen LogP contribution is 2.37. The highest BCUT2D eigenvalue weighted by molar-refractivity contribution is 8.00. The van der Waals surface area contributed by atoms with Gasteiger partial charge < -0.3 is 10.1 Å². The fraction of sp³-hybridized carbons (Fsp3) is 0.278. The predicted octanol–water partition coefficient (Wildman–Crippen LogP) is 3.74. The number of carbonyl (C=O) groups excluding carboxylic acids is 1. The molecule has 1 unspecified atom stereocenters. The molecule has 0 saturated heterocycles. The van der Waals surface area contributed by atoms with Gasteiger partial charge in [0.2, 0.25) is 5.91 Å². The maximum Gasteiger partial charge on any atom is 0.230 e. The first-order valence-corrected chi connectivity index (χ1v) is 9.84. The van der Waals surface area contributed by atoms with Crippen molar-refractivity contribution in [3.05, 3.63) is 41.8 Å². The lowest BCUT2D eigenvalue weighted by molar-refractivity contribution is -0.119. The predicted molar refractivity (Wildman–Crippen MR) is 103 cm³/mol. The molecule has 3 aromatic rings. The number of hydrogen-bond acceptors (Lipinski definition) is 6. The smallest absolute Gasteiger partial charge is 0.230 e. The molecule has 0 bridgehead atoms. The normalized spacial score (nSPS) is 12.3. The lowest BCUT2D eigenvalue weighted by atomic mass is 10.1. The second-order valence-electron chi connectivity index (χ2n) is 5.73. The van der Waals surface area contributed by atoms with Crippen molar-refractivity contribution in [1.82, 2.24) is 15.3 Å². The molecule has 0 fully saturated rings. The van der Waals surface area contributed by atoms with E-state index in [-0.39, 0.29) is 23.5 Å². The number of benzene rings is 1. The largest absolute Gasteiger partial charge is 0.383 e. The first-order valence-electron chi connectivity index (χ1n) is 7.97. The molecule has 0 spiro atoms. The van der Waals surface area contributed by atoms with E-state index in [1.165, 1.54) is 41.6 Å². The molecule has 1 atom stereocenters. The van der Waals surface area contributed by atoms with Crippen LogP contribution in [0.4, 0.5) is 4.39 Å². The van der Waals surface area contributed by atoms with Crippen LogP contribution >= 0.6 is 23.1 Å². The summed E-state index contributed by atoms with van der Waals surface area (Å²) in [6.07, 6.45) is 1.50. The molecule has 8 heteroatoms. The van der Waals surface area contributed by atoms with Crippen molar-refractivity contribution in [2.45, 2.75) is 18.0 Å². The summed E-state index contributed by atoms with van der Waals surface area (Å²) in [5.41, 5.74) is 1.84. The Morgan fingerprint density at radius 1 is 1.35 bits per heavy atom. The van der Waals surface area contributed by atoms with Crippen molar-refractivity contribution in [2.75, 3.05) is 19.5 Å². The summed E-state index contributed by atoms with van der Waals surface area (Å²) >= 11 is 2.87. The summed E-state index contributed by atoms with van der Waals surface area (Å²) in [6, 6.07) is 6.28. The summed E-state index contributed by atoms with van der Waals surface area (Å²) in [5, 5.41) is 6.50. The minimum atomic E-state index is -0.277. The molecule has 1 N–H and O–H groups in total. The average molecular weight is 391 g/mol. The minimum Gasteiger partial charge on any atom is -0.383 e. The summed E-state index contributed by atoms with van der Waals surface area (Å²) in [4.78, 5) is 21.6. The summed E-state index contributed by atoms with van der Waals surface area (Å²) in [6.45, 7) is 2.36. The van der Waals surface area contributed by atoms with Gasteiger partial charge in [0, 0.05) is 24.1 Å². The van der Waals surface area contributed by atoms with Crippen molar-refractivity contribution in [3.8, 4) is 11.1 Å². The highest BCUT2D eigenvalue weighted by atomic mass is 32.2. The van der Waals surface area contributed by atoms with Crippen molar-refractivity contribution in [1.29, 1.82) is 0 Å². The maximum absolute atomic E-state index is 13.2. The van der Waals surface area contributed by atoms with E-state index in [1.54, 1.807) is 19.2 Å². The van der Waals surface area contributed by atoms with Crippen LogP contribution in [0, 0.1) is 5.82 Å². The number of nitrogens with zero attached hydrogens (tertiary/aromatic N) is 2. The lowest BCUT2D eigenvalue weighted by Gasteiger charge is -2.12. The van der Waals surface area contributed by atoms with Crippen LogP contribution < -0.4 is 5.32 Å². The molecule has 0 aliphatic rings. The number of amides is 1. The third-order valence-corrected chi connectivity index (χ3v) is 5.53. The van der Waals surface area contributed by atoms with Gasteiger partial charge in [0.1, 0.15) is 22.0 Å². The Morgan fingerprint density at radius 2 is 2.12 bits per heavy atom. The van der Waals surface area contributed by atoms with E-state index in [4.69, 9.17) is 4.74 Å². The first-order chi connectivity index (χ1) is 12.6. The number of methoxy groups -OCH3 is 1. The van der Waals surface area contributed by atoms with Crippen molar-refractivity contribution >= 4 is 39.2 Å². The van der Waals surface area contributed by atoms with E-state index in [2.05, 4.69) is 15.3 Å². The van der Waals surface area contributed by atoms with Crippen molar-refractivity contribution in [3.63, 3.8) is 0 Å². The van der Waals surface area contributed by atoms with Gasteiger partial charge >= 0.3 is 0 Å². The van der Waals surface area contributed by atoms with E-state index in [0.29, 0.717) is 6.61 Å². The zero-order chi connectivity index (χ0) is 18.5. The van der Waals surface area contributed by atoms with Crippen LogP contribution in [-0.4, -0.2) is 41.4 Å². The first kappa shape index (κ1) is 18.8. The Bertz CT molecular complexity index is 899. The van der Waals surface area contributed by atoms with Gasteiger partial charge in [0.05, 0.1) is 17.7 Å². The number of aromatic nitrogens is 2. The van der Waals surface area contributed by atoms with Crippen LogP contribution in [0.2, 0.25) is 0 Å². The quantitative estimate of drug-likeness (QED) is 0.491. The molecule has 0 aliphatic carbocycles. The zero-order valence-electron chi connectivity index (χ0n) is 14.4. The molecule has 0 aliphatic heterocycles. The Kier molecular flexibility index (Phi) is 6.18. The van der Waals surface area contributed by atoms with Gasteiger partial charge in [0.25, 0.3) is 0 Å². The zero-order valence-corrected chi connectivity index (χ0v) is 16.0. The van der Waals surface area contributed by atoms with Gasteiger partial charge in [-0.3, -0.25) is 4.79 Å². The Balaban J connectivity index is 1.81. The number of carbonyl (C=O) groups is 1. The number of rotatable bonds is 7. The van der Waals surface area contributed by atoms with Crippen molar-refractivity contribution < 1.29 is 13.9 Å². The molecule has 1 aromatic carbocycles. The number of nitrogens with one attached hydrogen (secondary N) is 1. The van der Waals surface area contributed by atoms with Crippen LogP contribution in [-0.2, 0) is 9.53 Å².